The average molecular weight is 516 g/mol. The number of carbonyl (C=O) groups is 1. The maximum Gasteiger partial charge on any atom is 0.260 e. The molecule has 1 aromatic carbocycles. The highest BCUT2D eigenvalue weighted by Gasteiger charge is 2.10. The number of nitrogen functional groups attached to an aromatic ring is 1. The fourth-order valence-electron chi connectivity index (χ4n) is 2.69. The number of ether oxygens (including phenoxy) is 4. The third-order valence-corrected chi connectivity index (χ3v) is 4.60. The van der Waals surface area contributed by atoms with Gasteiger partial charge in [0.2, 0.25) is 0 Å². The molecule has 0 bridgehead atoms. The molecule has 0 fully saturated rings. The van der Waals surface area contributed by atoms with Gasteiger partial charge < -0.3 is 34.9 Å². The molecule has 0 aliphatic carbocycles. The number of hydrogen-bond acceptors (Lipinski definition) is 7. The number of hydrogen-bond donors (Lipinski definition) is 2. The predicted octanol–water partition coefficient (Wildman–Crippen LogP) is 4.85. The highest BCUT2D eigenvalue weighted by molar-refractivity contribution is 5.77. The Balaban J connectivity index is -0.00000168. The van der Waals surface area contributed by atoms with Crippen molar-refractivity contribution in [3.8, 4) is 5.75 Å². The molecule has 8 nitrogen and oxygen atoms in total. The van der Waals surface area contributed by atoms with Crippen molar-refractivity contribution in [3.63, 3.8) is 0 Å². The van der Waals surface area contributed by atoms with Crippen LogP contribution in [0.1, 0.15) is 65.5 Å². The summed E-state index contributed by atoms with van der Waals surface area (Å²) in [4.78, 5) is 13.9. The van der Waals surface area contributed by atoms with Gasteiger partial charge in [0.15, 0.2) is 6.61 Å². The van der Waals surface area contributed by atoms with Crippen molar-refractivity contribution in [3.05, 3.63) is 23.3 Å². The van der Waals surface area contributed by atoms with Gasteiger partial charge in [-0.2, -0.15) is 0 Å². The Morgan fingerprint density at radius 3 is 1.75 bits per heavy atom. The van der Waals surface area contributed by atoms with E-state index in [0.29, 0.717) is 45.3 Å². The van der Waals surface area contributed by atoms with E-state index in [1.807, 2.05) is 74.6 Å². The van der Waals surface area contributed by atoms with Crippen LogP contribution in [0.2, 0.25) is 0 Å². The Morgan fingerprint density at radius 1 is 0.833 bits per heavy atom. The molecule has 0 aliphatic heterocycles. The molecular formula is C28H57N3O5. The standard InChI is InChI=1S/C22H39N3O5.3C2H6/c1-18-15-20(16-19(2)22(18)23)30-17-21(26)25(4)8-6-10-28-12-14-29-13-11-27-9-5-7-24-3;3*1-2/h15-16,24H,5-14,17,23H2,1-4H3;3*1-2H3. The molecule has 0 heterocycles. The van der Waals surface area contributed by atoms with E-state index in [4.69, 9.17) is 24.7 Å². The largest absolute Gasteiger partial charge is 0.484 e. The van der Waals surface area contributed by atoms with Crippen LogP contribution >= 0.6 is 0 Å². The van der Waals surface area contributed by atoms with E-state index in [2.05, 4.69) is 5.32 Å². The van der Waals surface area contributed by atoms with Crippen molar-refractivity contribution in [2.75, 3.05) is 79.2 Å². The molecule has 0 atom stereocenters. The van der Waals surface area contributed by atoms with Gasteiger partial charge >= 0.3 is 0 Å². The highest BCUT2D eigenvalue weighted by atomic mass is 16.5. The lowest BCUT2D eigenvalue weighted by Crippen LogP contribution is -2.32. The summed E-state index contributed by atoms with van der Waals surface area (Å²) >= 11 is 0. The summed E-state index contributed by atoms with van der Waals surface area (Å²) < 4.78 is 22.0. The molecule has 3 N–H and O–H groups in total. The molecule has 0 radical (unpaired) electrons. The number of anilines is 1. The third-order valence-electron chi connectivity index (χ3n) is 4.60. The second-order valence-electron chi connectivity index (χ2n) is 7.22. The molecule has 0 spiro atoms. The van der Waals surface area contributed by atoms with Crippen LogP contribution in [0, 0.1) is 13.8 Å². The Hall–Kier alpha value is -1.87. The first-order valence-electron chi connectivity index (χ1n) is 13.6. The minimum absolute atomic E-state index is 0.00498. The Bertz CT molecular complexity index is 592. The molecule has 0 aromatic heterocycles. The van der Waals surface area contributed by atoms with Gasteiger partial charge in [-0.15, -0.1) is 0 Å². The lowest BCUT2D eigenvalue weighted by Gasteiger charge is -2.18. The van der Waals surface area contributed by atoms with E-state index in [-0.39, 0.29) is 12.5 Å². The number of rotatable bonds is 17. The zero-order valence-electron chi connectivity index (χ0n) is 25.0. The molecular weight excluding hydrogens is 458 g/mol. The summed E-state index contributed by atoms with van der Waals surface area (Å²) in [5.41, 5.74) is 8.59. The number of likely N-dealkylation sites (N-methyl/N-ethyl adjacent to an activating group) is 1. The number of nitrogens with one attached hydrogen (secondary N) is 1. The molecule has 1 amide bonds. The number of nitrogens with zero attached hydrogens (tertiary/aromatic N) is 1. The fourth-order valence-corrected chi connectivity index (χ4v) is 2.69. The summed E-state index contributed by atoms with van der Waals surface area (Å²) in [6.45, 7) is 21.0. The average Bonchev–Trinajstić information content (AvgIpc) is 2.91. The predicted molar refractivity (Wildman–Crippen MR) is 153 cm³/mol. The highest BCUT2D eigenvalue weighted by Crippen LogP contribution is 2.23. The molecule has 1 rings (SSSR count). The Kier molecular flexibility index (Phi) is 31.5. The quantitative estimate of drug-likeness (QED) is 0.226. The molecule has 214 valence electrons. The molecule has 1 aromatic rings. The normalized spacial score (nSPS) is 9.61. The van der Waals surface area contributed by atoms with Crippen LogP contribution in [0.25, 0.3) is 0 Å². The third kappa shape index (κ3) is 21.4. The van der Waals surface area contributed by atoms with Crippen molar-refractivity contribution in [2.24, 2.45) is 0 Å². The maximum atomic E-state index is 12.2. The number of benzene rings is 1. The number of amides is 1. The van der Waals surface area contributed by atoms with Gasteiger partial charge in [0.25, 0.3) is 5.91 Å². The molecule has 8 heteroatoms. The van der Waals surface area contributed by atoms with Crippen LogP contribution in [0.5, 0.6) is 5.75 Å². The summed E-state index contributed by atoms with van der Waals surface area (Å²) in [5.74, 6) is 0.591. The molecule has 0 saturated carbocycles. The maximum absolute atomic E-state index is 12.2. The molecule has 0 aliphatic rings. The van der Waals surface area contributed by atoms with Crippen molar-refractivity contribution in [1.82, 2.24) is 10.2 Å². The Labute approximate surface area is 222 Å². The lowest BCUT2D eigenvalue weighted by molar-refractivity contribution is -0.132. The first kappa shape index (κ1) is 38.7. The zero-order chi connectivity index (χ0) is 28.2. The van der Waals surface area contributed by atoms with Gasteiger partial charge in [-0.25, -0.2) is 0 Å². The first-order valence-corrected chi connectivity index (χ1v) is 13.6. The van der Waals surface area contributed by atoms with Gasteiger partial charge in [-0.05, 0) is 63.5 Å². The van der Waals surface area contributed by atoms with Gasteiger partial charge in [0, 0.05) is 32.5 Å². The van der Waals surface area contributed by atoms with E-state index in [1.165, 1.54) is 0 Å². The van der Waals surface area contributed by atoms with E-state index in [0.717, 1.165) is 42.8 Å². The minimum atomic E-state index is -0.0693. The minimum Gasteiger partial charge on any atom is -0.484 e. The second kappa shape index (κ2) is 29.4. The zero-order valence-corrected chi connectivity index (χ0v) is 25.0. The first-order chi connectivity index (χ1) is 17.5. The number of aryl methyl sites for hydroxylation is 2. The molecule has 0 saturated heterocycles. The molecule has 0 unspecified atom stereocenters. The van der Waals surface area contributed by atoms with Crippen molar-refractivity contribution < 1.29 is 23.7 Å². The van der Waals surface area contributed by atoms with E-state index in [1.54, 1.807) is 11.9 Å². The van der Waals surface area contributed by atoms with Gasteiger partial charge in [0.05, 0.1) is 26.4 Å². The van der Waals surface area contributed by atoms with Crippen LogP contribution < -0.4 is 15.8 Å². The number of carbonyl (C=O) groups excluding carboxylic acids is 1. The van der Waals surface area contributed by atoms with Gasteiger partial charge in [0.1, 0.15) is 5.75 Å². The van der Waals surface area contributed by atoms with Crippen LogP contribution in [0.3, 0.4) is 0 Å². The topological polar surface area (TPSA) is 95.3 Å². The summed E-state index contributed by atoms with van der Waals surface area (Å²) in [6.07, 6.45) is 1.76. The molecule has 36 heavy (non-hydrogen) atoms. The smallest absolute Gasteiger partial charge is 0.260 e. The summed E-state index contributed by atoms with van der Waals surface area (Å²) in [6, 6.07) is 3.70. The fraction of sp³-hybridized carbons (Fsp3) is 0.750. The SMILES string of the molecule is CC.CC.CC.CNCCCOCCOCCOCCCN(C)C(=O)COc1cc(C)c(N)c(C)c1. The van der Waals surface area contributed by atoms with Crippen molar-refractivity contribution >= 4 is 11.6 Å². The van der Waals surface area contributed by atoms with E-state index in [9.17, 15) is 4.79 Å². The van der Waals surface area contributed by atoms with Crippen LogP contribution in [-0.2, 0) is 19.0 Å². The summed E-state index contributed by atoms with van der Waals surface area (Å²) in [7, 11) is 3.70. The number of nitrogens with two attached hydrogens (primary N) is 1. The van der Waals surface area contributed by atoms with Gasteiger partial charge in [-0.3, -0.25) is 4.79 Å². The van der Waals surface area contributed by atoms with E-state index < -0.39 is 0 Å². The second-order valence-corrected chi connectivity index (χ2v) is 7.22. The van der Waals surface area contributed by atoms with Crippen molar-refractivity contribution in [1.29, 1.82) is 0 Å². The van der Waals surface area contributed by atoms with Gasteiger partial charge in [-0.1, -0.05) is 41.5 Å². The van der Waals surface area contributed by atoms with E-state index >= 15 is 0 Å². The van der Waals surface area contributed by atoms with Crippen LogP contribution in [0.15, 0.2) is 12.1 Å². The monoisotopic (exact) mass is 515 g/mol. The van der Waals surface area contributed by atoms with Crippen LogP contribution in [0.4, 0.5) is 5.69 Å². The summed E-state index contributed by atoms with van der Waals surface area (Å²) in [5, 5.41) is 3.07. The Morgan fingerprint density at radius 2 is 1.28 bits per heavy atom. The lowest BCUT2D eigenvalue weighted by atomic mass is 10.1. The van der Waals surface area contributed by atoms with Crippen molar-refractivity contribution in [2.45, 2.75) is 68.2 Å². The van der Waals surface area contributed by atoms with Crippen LogP contribution in [-0.4, -0.2) is 84.2 Å².